The van der Waals surface area contributed by atoms with Crippen LogP contribution in [0.1, 0.15) is 35.8 Å². The Hall–Kier alpha value is -3.98. The number of hydrogen-bond donors (Lipinski definition) is 1. The fourth-order valence-corrected chi connectivity index (χ4v) is 4.48. The van der Waals surface area contributed by atoms with Gasteiger partial charge in [-0.1, -0.05) is 47.2 Å². The van der Waals surface area contributed by atoms with Crippen molar-refractivity contribution in [2.45, 2.75) is 45.0 Å². The minimum atomic E-state index is -0.862. The Morgan fingerprint density at radius 1 is 1.14 bits per heavy atom. The number of fused-ring (bicyclic) bond motifs is 1. The van der Waals surface area contributed by atoms with Crippen molar-refractivity contribution in [3.8, 4) is 0 Å². The van der Waals surface area contributed by atoms with Gasteiger partial charge in [0.15, 0.2) is 0 Å². The molecule has 4 aromatic rings. The Bertz CT molecular complexity index is 1310. The highest BCUT2D eigenvalue weighted by Gasteiger charge is 2.33. The molecule has 9 heteroatoms. The van der Waals surface area contributed by atoms with Crippen LogP contribution in [0.4, 0.5) is 0 Å². The van der Waals surface area contributed by atoms with E-state index in [0.717, 1.165) is 23.9 Å². The molecule has 9 nitrogen and oxygen atoms in total. The fourth-order valence-electron chi connectivity index (χ4n) is 4.48. The van der Waals surface area contributed by atoms with Crippen LogP contribution in [0, 0.1) is 6.92 Å². The molecular formula is C27H29N5O4. The second-order valence-electron chi connectivity index (χ2n) is 9.03. The van der Waals surface area contributed by atoms with Crippen LogP contribution in [0.3, 0.4) is 0 Å². The number of aryl methyl sites for hydroxylation is 1. The molecule has 0 aliphatic carbocycles. The summed E-state index contributed by atoms with van der Waals surface area (Å²) in [5, 5.41) is 11.3. The molecule has 0 bridgehead atoms. The zero-order chi connectivity index (χ0) is 24.9. The molecule has 0 radical (unpaired) electrons. The summed E-state index contributed by atoms with van der Waals surface area (Å²) in [6, 6.07) is 17.8. The lowest BCUT2D eigenvalue weighted by Crippen LogP contribution is -2.46. The summed E-state index contributed by atoms with van der Waals surface area (Å²) in [5.41, 5.74) is 3.23. The minimum Gasteiger partial charge on any atom is -0.467 e. The second-order valence-corrected chi connectivity index (χ2v) is 9.03. The highest BCUT2D eigenvalue weighted by Crippen LogP contribution is 2.26. The fraction of sp³-hybridized carbons (Fsp3) is 0.333. The molecular weight excluding hydrogens is 458 g/mol. The number of nitrogens with one attached hydrogen (secondary N) is 1. The maximum absolute atomic E-state index is 13.8. The SMILES string of the molecule is Cc1ccc(C(C(=O)NCC2CCCO2)N(Cc2ccco2)C(=O)Cn2nnc3ccccc32)cc1. The summed E-state index contributed by atoms with van der Waals surface area (Å²) in [5.74, 6) is 0.0356. The second kappa shape index (κ2) is 10.7. The molecule has 5 rings (SSSR count). The first-order valence-corrected chi connectivity index (χ1v) is 12.1. The van der Waals surface area contributed by atoms with Crippen LogP contribution < -0.4 is 5.32 Å². The summed E-state index contributed by atoms with van der Waals surface area (Å²) in [7, 11) is 0. The number of benzene rings is 2. The third-order valence-electron chi connectivity index (χ3n) is 6.41. The van der Waals surface area contributed by atoms with E-state index >= 15 is 0 Å². The van der Waals surface area contributed by atoms with E-state index in [-0.39, 0.29) is 31.0 Å². The maximum Gasteiger partial charge on any atom is 0.247 e. The van der Waals surface area contributed by atoms with E-state index in [1.54, 1.807) is 28.0 Å². The number of furan rings is 1. The third-order valence-corrected chi connectivity index (χ3v) is 6.41. The van der Waals surface area contributed by atoms with Gasteiger partial charge in [-0.15, -0.1) is 5.10 Å². The third kappa shape index (κ3) is 5.31. The van der Waals surface area contributed by atoms with Crippen molar-refractivity contribution in [3.63, 3.8) is 0 Å². The van der Waals surface area contributed by atoms with Gasteiger partial charge in [-0.3, -0.25) is 9.59 Å². The van der Waals surface area contributed by atoms with E-state index in [1.807, 2.05) is 55.5 Å². The molecule has 2 amide bonds. The van der Waals surface area contributed by atoms with Gasteiger partial charge < -0.3 is 19.4 Å². The quantitative estimate of drug-likeness (QED) is 0.388. The average Bonchev–Trinajstić information content (AvgIpc) is 3.67. The number of aromatic nitrogens is 3. The lowest BCUT2D eigenvalue weighted by molar-refractivity contribution is -0.142. The Morgan fingerprint density at radius 3 is 2.72 bits per heavy atom. The summed E-state index contributed by atoms with van der Waals surface area (Å²) in [4.78, 5) is 29.0. The number of ether oxygens (including phenoxy) is 1. The van der Waals surface area contributed by atoms with Gasteiger partial charge in [0.2, 0.25) is 11.8 Å². The molecule has 3 heterocycles. The molecule has 1 saturated heterocycles. The Balaban J connectivity index is 1.47. The number of nitrogens with zero attached hydrogens (tertiary/aromatic N) is 4. The van der Waals surface area contributed by atoms with E-state index < -0.39 is 6.04 Å². The van der Waals surface area contributed by atoms with Crippen molar-refractivity contribution < 1.29 is 18.7 Å². The highest BCUT2D eigenvalue weighted by atomic mass is 16.5. The van der Waals surface area contributed by atoms with E-state index in [9.17, 15) is 9.59 Å². The zero-order valence-electron chi connectivity index (χ0n) is 20.2. The van der Waals surface area contributed by atoms with Gasteiger partial charge in [0, 0.05) is 13.2 Å². The Kier molecular flexibility index (Phi) is 7.08. The molecule has 2 aromatic carbocycles. The topological polar surface area (TPSA) is 102 Å². The van der Waals surface area contributed by atoms with Crippen molar-refractivity contribution >= 4 is 22.8 Å². The molecule has 0 saturated carbocycles. The Morgan fingerprint density at radius 2 is 1.97 bits per heavy atom. The predicted octanol–water partition coefficient (Wildman–Crippen LogP) is 3.40. The molecule has 2 unspecified atom stereocenters. The van der Waals surface area contributed by atoms with Crippen molar-refractivity contribution in [2.75, 3.05) is 13.2 Å². The number of carbonyl (C=O) groups is 2. The van der Waals surface area contributed by atoms with E-state index in [1.165, 1.54) is 0 Å². The summed E-state index contributed by atoms with van der Waals surface area (Å²) < 4.78 is 12.8. The molecule has 2 atom stereocenters. The van der Waals surface area contributed by atoms with Crippen molar-refractivity contribution in [2.24, 2.45) is 0 Å². The number of carbonyl (C=O) groups excluding carboxylic acids is 2. The lowest BCUT2D eigenvalue weighted by atomic mass is 10.0. The van der Waals surface area contributed by atoms with Gasteiger partial charge in [-0.25, -0.2) is 4.68 Å². The normalized spacial score (nSPS) is 16.2. The van der Waals surface area contributed by atoms with Gasteiger partial charge in [-0.2, -0.15) is 0 Å². The van der Waals surface area contributed by atoms with Gasteiger partial charge in [0.25, 0.3) is 0 Å². The maximum atomic E-state index is 13.8. The molecule has 1 N–H and O–H groups in total. The van der Waals surface area contributed by atoms with Crippen LogP contribution in [0.2, 0.25) is 0 Å². The van der Waals surface area contributed by atoms with Crippen molar-refractivity contribution in [3.05, 3.63) is 83.8 Å². The molecule has 1 fully saturated rings. The molecule has 2 aromatic heterocycles. The number of amides is 2. The molecule has 1 aliphatic rings. The first kappa shape index (κ1) is 23.7. The van der Waals surface area contributed by atoms with Crippen LogP contribution in [0.15, 0.2) is 71.3 Å². The first-order valence-electron chi connectivity index (χ1n) is 12.1. The van der Waals surface area contributed by atoms with Gasteiger partial charge in [0.05, 0.1) is 24.4 Å². The summed E-state index contributed by atoms with van der Waals surface area (Å²) in [6.07, 6.45) is 3.44. The van der Waals surface area contributed by atoms with Crippen LogP contribution >= 0.6 is 0 Å². The predicted molar refractivity (Wildman–Crippen MR) is 133 cm³/mol. The monoisotopic (exact) mass is 487 g/mol. The van der Waals surface area contributed by atoms with Crippen LogP contribution in [0.5, 0.6) is 0 Å². The Labute approximate surface area is 209 Å². The molecule has 36 heavy (non-hydrogen) atoms. The summed E-state index contributed by atoms with van der Waals surface area (Å²) >= 11 is 0. The highest BCUT2D eigenvalue weighted by molar-refractivity contribution is 5.89. The number of rotatable bonds is 9. The van der Waals surface area contributed by atoms with Crippen LogP contribution in [-0.2, 0) is 27.4 Å². The largest absolute Gasteiger partial charge is 0.467 e. The smallest absolute Gasteiger partial charge is 0.247 e. The summed E-state index contributed by atoms with van der Waals surface area (Å²) in [6.45, 7) is 3.15. The van der Waals surface area contributed by atoms with Crippen molar-refractivity contribution in [1.82, 2.24) is 25.2 Å². The van der Waals surface area contributed by atoms with E-state index in [4.69, 9.17) is 9.15 Å². The van der Waals surface area contributed by atoms with E-state index in [2.05, 4.69) is 15.6 Å². The van der Waals surface area contributed by atoms with Gasteiger partial charge in [0.1, 0.15) is 23.9 Å². The molecule has 186 valence electrons. The number of hydrogen-bond acceptors (Lipinski definition) is 6. The standard InChI is InChI=1S/C27H29N5O4/c1-19-10-12-20(13-11-19)26(27(34)28-16-21-6-4-14-35-21)31(17-22-7-5-15-36-22)25(33)18-32-24-9-3-2-8-23(24)29-30-32/h2-3,5,7-13,15,21,26H,4,6,14,16-18H2,1H3,(H,28,34). The number of para-hydroxylation sites is 1. The minimum absolute atomic E-state index is 0.0108. The lowest BCUT2D eigenvalue weighted by Gasteiger charge is -2.31. The van der Waals surface area contributed by atoms with Crippen molar-refractivity contribution in [1.29, 1.82) is 0 Å². The van der Waals surface area contributed by atoms with E-state index in [0.29, 0.717) is 30.0 Å². The van der Waals surface area contributed by atoms with Gasteiger partial charge in [-0.05, 0) is 49.6 Å². The average molecular weight is 488 g/mol. The molecule has 0 spiro atoms. The van der Waals surface area contributed by atoms with Gasteiger partial charge >= 0.3 is 0 Å². The zero-order valence-corrected chi connectivity index (χ0v) is 20.2. The first-order chi connectivity index (χ1) is 17.6. The molecule has 1 aliphatic heterocycles. The van der Waals surface area contributed by atoms with Crippen LogP contribution in [0.25, 0.3) is 11.0 Å². The van der Waals surface area contributed by atoms with Crippen LogP contribution in [-0.4, -0.2) is 51.0 Å².